The Balaban J connectivity index is 2.02. The second kappa shape index (κ2) is 7.28. The molecule has 2 fully saturated rings. The Morgan fingerprint density at radius 1 is 1.13 bits per heavy atom. The molecule has 2 saturated carbocycles. The van der Waals surface area contributed by atoms with Crippen molar-refractivity contribution >= 4 is 5.97 Å². The lowest BCUT2D eigenvalue weighted by Gasteiger charge is -2.17. The molecule has 1 heterocycles. The van der Waals surface area contributed by atoms with E-state index in [0.29, 0.717) is 17.7 Å². The Kier molecular flexibility index (Phi) is 5.13. The summed E-state index contributed by atoms with van der Waals surface area (Å²) in [6.45, 7) is 1.92. The van der Waals surface area contributed by atoms with E-state index in [-0.39, 0.29) is 12.2 Å². The van der Waals surface area contributed by atoms with Gasteiger partial charge in [0.15, 0.2) is 0 Å². The third-order valence-electron chi connectivity index (χ3n) is 3.61. The van der Waals surface area contributed by atoms with Crippen LogP contribution in [-0.4, -0.2) is 22.8 Å². The topological polar surface area (TPSA) is 72.0 Å². The third kappa shape index (κ3) is 3.48. The maximum Gasteiger partial charge on any atom is 0.344 e. The highest BCUT2D eigenvalue weighted by molar-refractivity contribution is 5.91. The first-order valence-electron chi connectivity index (χ1n) is 7.42. The van der Waals surface area contributed by atoms with Gasteiger partial charge in [-0.1, -0.05) is 0 Å². The Morgan fingerprint density at radius 3 is 2.43 bits per heavy atom. The van der Waals surface area contributed by atoms with Gasteiger partial charge in [0.05, 0.1) is 12.3 Å². The van der Waals surface area contributed by atoms with E-state index in [2.05, 4.69) is 10.2 Å². The summed E-state index contributed by atoms with van der Waals surface area (Å²) in [5.74, 6) is 1.25. The smallest absolute Gasteiger partial charge is 0.344 e. The first-order valence-corrected chi connectivity index (χ1v) is 7.42. The average molecular weight is 308 g/mol. The molecule has 10 radical (unpaired) electrons. The summed E-state index contributed by atoms with van der Waals surface area (Å²) in [6, 6.07) is 0. The van der Waals surface area contributed by atoms with Crippen LogP contribution in [0.4, 0.5) is 0 Å². The zero-order chi connectivity index (χ0) is 16.2. The lowest BCUT2D eigenvalue weighted by Crippen LogP contribution is -2.27. The molecule has 0 unspecified atom stereocenters. The van der Waals surface area contributed by atoms with Gasteiger partial charge in [0.1, 0.15) is 5.56 Å². The number of hydrogen-bond acceptors (Lipinski definition) is 4. The highest BCUT2D eigenvalue weighted by Gasteiger charge is 2.31. The van der Waals surface area contributed by atoms with Crippen molar-refractivity contribution in [3.8, 4) is 0 Å². The van der Waals surface area contributed by atoms with Gasteiger partial charge in [-0.15, -0.1) is 0 Å². The average Bonchev–Trinajstić information content (AvgIpc) is 3.21. The molecule has 23 heavy (non-hydrogen) atoms. The highest BCUT2D eigenvalue weighted by Crippen LogP contribution is 2.34. The molecule has 116 valence electrons. The summed E-state index contributed by atoms with van der Waals surface area (Å²) in [7, 11) is 0. The summed E-state index contributed by atoms with van der Waals surface area (Å²) in [4.78, 5) is 24.5. The molecule has 0 aromatic carbocycles. The van der Waals surface area contributed by atoms with Crippen LogP contribution >= 0.6 is 0 Å². The number of carbonyl (C=O) groups is 1. The number of esters is 1. The van der Waals surface area contributed by atoms with Crippen LogP contribution in [0.3, 0.4) is 0 Å². The first-order chi connectivity index (χ1) is 11.2. The van der Waals surface area contributed by atoms with E-state index in [1.807, 2.05) is 51.4 Å². The fourth-order valence-corrected chi connectivity index (χ4v) is 2.58. The number of H-pyrrole nitrogens is 1. The minimum Gasteiger partial charge on any atom is -0.462 e. The molecule has 5 nitrogen and oxygen atoms in total. The zero-order valence-electron chi connectivity index (χ0n) is 12.7. The van der Waals surface area contributed by atoms with E-state index in [0.717, 1.165) is 11.8 Å². The van der Waals surface area contributed by atoms with Gasteiger partial charge in [0.25, 0.3) is 5.56 Å². The van der Waals surface area contributed by atoms with Crippen molar-refractivity contribution in [2.24, 2.45) is 0 Å². The van der Waals surface area contributed by atoms with E-state index < -0.39 is 11.5 Å². The number of ether oxygens (including phenoxy) is 1. The third-order valence-corrected chi connectivity index (χ3v) is 3.61. The van der Waals surface area contributed by atoms with Crippen molar-refractivity contribution in [3.63, 3.8) is 0 Å². The molecule has 1 aromatic rings. The summed E-state index contributed by atoms with van der Waals surface area (Å²) in [5, 5.41) is 6.57. The number of hydrogen-bond donors (Lipinski definition) is 1. The maximum absolute atomic E-state index is 12.3. The molecule has 2 aliphatic carbocycles. The van der Waals surface area contributed by atoms with Gasteiger partial charge in [-0.25, -0.2) is 9.89 Å². The molecule has 1 aromatic heterocycles. The van der Waals surface area contributed by atoms with Gasteiger partial charge in [-0.05, 0) is 76.2 Å². The Hall–Kier alpha value is -1.65. The Bertz CT molecular complexity index is 611. The van der Waals surface area contributed by atoms with Crippen LogP contribution in [0.1, 0.15) is 28.5 Å². The normalized spacial score (nSPS) is 19.3. The lowest BCUT2D eigenvalue weighted by molar-refractivity contribution is 0.0522. The largest absolute Gasteiger partial charge is 0.462 e. The van der Waals surface area contributed by atoms with Crippen molar-refractivity contribution in [2.75, 3.05) is 6.61 Å². The molecule has 0 saturated heterocycles. The zero-order valence-corrected chi connectivity index (χ0v) is 12.7. The van der Waals surface area contributed by atoms with Crippen molar-refractivity contribution in [2.45, 2.75) is 13.3 Å². The van der Waals surface area contributed by atoms with Gasteiger partial charge in [-0.2, -0.15) is 5.10 Å². The van der Waals surface area contributed by atoms with Gasteiger partial charge in [0, 0.05) is 5.92 Å². The van der Waals surface area contributed by atoms with Crippen LogP contribution in [0.25, 0.3) is 0 Å². The highest BCUT2D eigenvalue weighted by atomic mass is 16.5. The second-order valence-electron chi connectivity index (χ2n) is 5.12. The fraction of sp³-hybridized carbons (Fsp3) is 0.167. The van der Waals surface area contributed by atoms with Crippen molar-refractivity contribution in [1.82, 2.24) is 10.2 Å². The molecular weight excluding hydrogens is 292 g/mol. The predicted molar refractivity (Wildman–Crippen MR) is 84.5 cm³/mol. The SMILES string of the molecule is CCOC(=O)c1c(C[C]2[CH][CH][CH][CH]2)c([C]2[CH][CH][CH][CH]2)n[nH]c1=O. The van der Waals surface area contributed by atoms with Crippen molar-refractivity contribution in [3.05, 3.63) is 90.4 Å². The summed E-state index contributed by atoms with van der Waals surface area (Å²) >= 11 is 0. The van der Waals surface area contributed by atoms with E-state index in [1.165, 1.54) is 0 Å². The van der Waals surface area contributed by atoms with Crippen LogP contribution in [0, 0.1) is 63.2 Å². The summed E-state index contributed by atoms with van der Waals surface area (Å²) in [6.07, 6.45) is 15.7. The summed E-state index contributed by atoms with van der Waals surface area (Å²) in [5.41, 5.74) is 0.683. The molecule has 1 N–H and O–H groups in total. The molecule has 0 spiro atoms. The molecule has 2 aliphatic rings. The van der Waals surface area contributed by atoms with Gasteiger partial charge in [0.2, 0.25) is 0 Å². The second-order valence-corrected chi connectivity index (χ2v) is 5.12. The first kappa shape index (κ1) is 16.2. The van der Waals surface area contributed by atoms with Crippen molar-refractivity contribution < 1.29 is 9.53 Å². The molecule has 0 bridgehead atoms. The van der Waals surface area contributed by atoms with Crippen LogP contribution < -0.4 is 5.56 Å². The number of rotatable bonds is 5. The maximum atomic E-state index is 12.3. The monoisotopic (exact) mass is 308 g/mol. The van der Waals surface area contributed by atoms with E-state index in [4.69, 9.17) is 4.74 Å². The molecular formula is C18H16N2O3. The van der Waals surface area contributed by atoms with Crippen LogP contribution in [0.15, 0.2) is 4.79 Å². The number of nitrogens with zero attached hydrogens (tertiary/aromatic N) is 1. The fourth-order valence-electron chi connectivity index (χ4n) is 2.58. The lowest BCUT2D eigenvalue weighted by atomic mass is 9.89. The van der Waals surface area contributed by atoms with Crippen LogP contribution in [0.5, 0.6) is 0 Å². The summed E-state index contributed by atoms with van der Waals surface area (Å²) < 4.78 is 5.05. The Labute approximate surface area is 136 Å². The van der Waals surface area contributed by atoms with Gasteiger partial charge >= 0.3 is 5.97 Å². The number of aromatic amines is 1. The molecule has 3 rings (SSSR count). The number of carbonyl (C=O) groups excluding carboxylic acids is 1. The molecule has 0 aliphatic heterocycles. The number of aromatic nitrogens is 2. The number of nitrogens with one attached hydrogen (secondary N) is 1. The molecule has 5 heteroatoms. The molecule has 0 amide bonds. The standard InChI is InChI=1S/C18H16N2O3/c1-2-23-18(22)15-14(11-12-7-3-4-8-12)16(19-20-17(15)21)13-9-5-6-10-13/h3-10H,2,11H2,1H3,(H,20,21). The molecule has 0 atom stereocenters. The van der Waals surface area contributed by atoms with E-state index >= 15 is 0 Å². The predicted octanol–water partition coefficient (Wildman–Crippen LogP) is 1.65. The van der Waals surface area contributed by atoms with Crippen LogP contribution in [-0.2, 0) is 11.2 Å². The van der Waals surface area contributed by atoms with E-state index in [1.54, 1.807) is 6.92 Å². The quantitative estimate of drug-likeness (QED) is 0.840. The van der Waals surface area contributed by atoms with Gasteiger partial charge in [-0.3, -0.25) is 4.79 Å². The minimum atomic E-state index is -0.620. The van der Waals surface area contributed by atoms with E-state index in [9.17, 15) is 9.59 Å². The Morgan fingerprint density at radius 2 is 1.78 bits per heavy atom. The minimum absolute atomic E-state index is 0.0271. The van der Waals surface area contributed by atoms with Gasteiger partial charge < -0.3 is 4.74 Å². The van der Waals surface area contributed by atoms with Crippen molar-refractivity contribution in [1.29, 1.82) is 0 Å². The van der Waals surface area contributed by atoms with Crippen LogP contribution in [0.2, 0.25) is 0 Å².